The van der Waals surface area contributed by atoms with Crippen LogP contribution in [0.25, 0.3) is 0 Å². The van der Waals surface area contributed by atoms with Gasteiger partial charge in [-0.2, -0.15) is 13.2 Å². The molecule has 1 rings (SSSR count). The third-order valence-corrected chi connectivity index (χ3v) is 2.60. The molecule has 24 heavy (non-hydrogen) atoms. The minimum atomic E-state index is -5.08. The van der Waals surface area contributed by atoms with Gasteiger partial charge in [0.1, 0.15) is 11.7 Å². The zero-order valence-electron chi connectivity index (χ0n) is 13.2. The van der Waals surface area contributed by atoms with Gasteiger partial charge in [-0.3, -0.25) is 4.79 Å². The molecule has 1 heterocycles. The number of carboxylic acids is 2. The fraction of sp³-hybridized carbons (Fsp3) is 0.538. The highest BCUT2D eigenvalue weighted by molar-refractivity contribution is 5.95. The van der Waals surface area contributed by atoms with E-state index in [0.717, 1.165) is 0 Å². The molecule has 0 aliphatic rings. The van der Waals surface area contributed by atoms with E-state index in [9.17, 15) is 22.8 Å². The summed E-state index contributed by atoms with van der Waals surface area (Å²) in [5.74, 6) is -4.00. The van der Waals surface area contributed by atoms with Crippen molar-refractivity contribution < 1.29 is 37.8 Å². The molecule has 0 aliphatic carbocycles. The quantitative estimate of drug-likeness (QED) is 0.733. The van der Waals surface area contributed by atoms with E-state index in [1.165, 1.54) is 12.5 Å². The van der Waals surface area contributed by atoms with Crippen LogP contribution in [0, 0.1) is 5.92 Å². The molecule has 0 radical (unpaired) electrons. The summed E-state index contributed by atoms with van der Waals surface area (Å²) >= 11 is 0. The summed E-state index contributed by atoms with van der Waals surface area (Å²) in [6, 6.07) is -0.864. The molecule has 136 valence electrons. The lowest BCUT2D eigenvalue weighted by atomic mass is 10.0. The van der Waals surface area contributed by atoms with Gasteiger partial charge >= 0.3 is 18.1 Å². The van der Waals surface area contributed by atoms with Gasteiger partial charge < -0.3 is 20.1 Å². The highest BCUT2D eigenvalue weighted by Gasteiger charge is 2.38. The number of hydrogen-bond acceptors (Lipinski definition) is 4. The lowest BCUT2D eigenvalue weighted by molar-refractivity contribution is -0.192. The number of amides is 1. The van der Waals surface area contributed by atoms with E-state index in [-0.39, 0.29) is 5.92 Å². The Morgan fingerprint density at radius 1 is 1.29 bits per heavy atom. The number of aromatic nitrogens is 2. The normalized spacial score (nSPS) is 12.1. The fourth-order valence-corrected chi connectivity index (χ4v) is 1.50. The average Bonchev–Trinajstić information content (AvgIpc) is 2.83. The fourth-order valence-electron chi connectivity index (χ4n) is 1.50. The number of imidazole rings is 1. The molecule has 0 fully saturated rings. The lowest BCUT2D eigenvalue weighted by Gasteiger charge is -2.16. The number of hydrogen-bond donors (Lipinski definition) is 3. The molecule has 0 aliphatic heterocycles. The molecular formula is C13H18F3N3O5. The number of rotatable bonds is 5. The summed E-state index contributed by atoms with van der Waals surface area (Å²) in [6.07, 6.45) is -1.78. The number of nitrogens with one attached hydrogen (secondary N) is 1. The van der Waals surface area contributed by atoms with E-state index in [0.29, 0.717) is 12.1 Å². The third-order valence-electron chi connectivity index (χ3n) is 2.60. The second-order valence-corrected chi connectivity index (χ2v) is 5.19. The molecule has 0 spiro atoms. The van der Waals surface area contributed by atoms with Crippen molar-refractivity contribution in [1.82, 2.24) is 14.9 Å². The van der Waals surface area contributed by atoms with Crippen LogP contribution in [0.5, 0.6) is 0 Å². The monoisotopic (exact) mass is 353 g/mol. The maximum absolute atomic E-state index is 11.8. The van der Waals surface area contributed by atoms with E-state index < -0.39 is 30.1 Å². The van der Waals surface area contributed by atoms with Gasteiger partial charge in [0.25, 0.3) is 5.91 Å². The summed E-state index contributed by atoms with van der Waals surface area (Å²) in [4.78, 5) is 35.5. The number of alkyl halides is 3. The molecule has 1 atom stereocenters. The molecular weight excluding hydrogens is 335 g/mol. The Morgan fingerprint density at radius 3 is 2.08 bits per heavy atom. The van der Waals surface area contributed by atoms with Gasteiger partial charge in [-0.15, -0.1) is 0 Å². The van der Waals surface area contributed by atoms with Crippen LogP contribution in [0.2, 0.25) is 0 Å². The number of carbonyl (C=O) groups is 3. The molecule has 3 N–H and O–H groups in total. The predicted molar refractivity (Wildman–Crippen MR) is 75.2 cm³/mol. The Balaban J connectivity index is 0.000000640. The highest BCUT2D eigenvalue weighted by atomic mass is 19.4. The van der Waals surface area contributed by atoms with Crippen molar-refractivity contribution in [2.24, 2.45) is 13.0 Å². The van der Waals surface area contributed by atoms with Crippen LogP contribution in [-0.4, -0.2) is 49.8 Å². The van der Waals surface area contributed by atoms with Gasteiger partial charge in [0.05, 0.1) is 12.5 Å². The number of nitrogens with zero attached hydrogens (tertiary/aromatic N) is 2. The number of aliphatic carboxylic acids is 2. The summed E-state index contributed by atoms with van der Waals surface area (Å²) in [5, 5.41) is 18.6. The molecule has 8 nitrogen and oxygen atoms in total. The lowest BCUT2D eigenvalue weighted by Crippen LogP contribution is -2.42. The molecule has 0 saturated heterocycles. The average molecular weight is 353 g/mol. The maximum Gasteiger partial charge on any atom is 0.490 e. The van der Waals surface area contributed by atoms with Gasteiger partial charge in [0.15, 0.2) is 0 Å². The molecule has 11 heteroatoms. The van der Waals surface area contributed by atoms with Crippen LogP contribution < -0.4 is 5.32 Å². The van der Waals surface area contributed by atoms with E-state index in [4.69, 9.17) is 15.0 Å². The molecule has 0 saturated carbocycles. The van der Waals surface area contributed by atoms with Gasteiger partial charge in [-0.05, 0) is 12.3 Å². The van der Waals surface area contributed by atoms with E-state index in [1.54, 1.807) is 11.6 Å². The Kier molecular flexibility index (Phi) is 7.93. The second kappa shape index (κ2) is 8.89. The molecule has 0 bridgehead atoms. The van der Waals surface area contributed by atoms with E-state index in [2.05, 4.69) is 10.3 Å². The molecule has 0 aromatic carbocycles. The number of halogens is 3. The van der Waals surface area contributed by atoms with Crippen molar-refractivity contribution in [2.45, 2.75) is 32.5 Å². The SMILES string of the molecule is CC(C)C[C@@H](NC(=O)c1cncn1C)C(=O)O.O=C(O)C(F)(F)F. The van der Waals surface area contributed by atoms with Gasteiger partial charge in [0.2, 0.25) is 0 Å². The Hall–Kier alpha value is -2.59. The first-order valence-electron chi connectivity index (χ1n) is 6.66. The molecule has 1 aromatic rings. The predicted octanol–water partition coefficient (Wildman–Crippen LogP) is 1.28. The molecule has 0 unspecified atom stereocenters. The van der Waals surface area contributed by atoms with Gasteiger partial charge in [-0.25, -0.2) is 14.6 Å². The molecule has 1 aromatic heterocycles. The van der Waals surface area contributed by atoms with Crippen molar-refractivity contribution in [1.29, 1.82) is 0 Å². The van der Waals surface area contributed by atoms with E-state index in [1.807, 2.05) is 13.8 Å². The van der Waals surface area contributed by atoms with Crippen molar-refractivity contribution in [3.05, 3.63) is 18.2 Å². The summed E-state index contributed by atoms with van der Waals surface area (Å²) in [7, 11) is 1.68. The standard InChI is InChI=1S/C11H17N3O3.C2HF3O2/c1-7(2)4-8(11(16)17)13-10(15)9-5-12-6-14(9)3;3-2(4,5)1(6)7/h5-8H,4H2,1-3H3,(H,13,15)(H,16,17);(H,6,7)/t8-;/m1./s1. The minimum Gasteiger partial charge on any atom is -0.480 e. The number of aryl methyl sites for hydroxylation is 1. The first kappa shape index (κ1) is 21.4. The van der Waals surface area contributed by atoms with Gasteiger partial charge in [-0.1, -0.05) is 13.8 Å². The van der Waals surface area contributed by atoms with E-state index >= 15 is 0 Å². The topological polar surface area (TPSA) is 122 Å². The zero-order valence-corrected chi connectivity index (χ0v) is 13.2. The zero-order chi connectivity index (χ0) is 19.1. The van der Waals surface area contributed by atoms with Gasteiger partial charge in [0, 0.05) is 7.05 Å². The number of carboxylic acid groups (broad SMARTS) is 2. The van der Waals surface area contributed by atoms with Crippen molar-refractivity contribution >= 4 is 17.8 Å². The van der Waals surface area contributed by atoms with Crippen LogP contribution in [0.4, 0.5) is 13.2 Å². The molecule has 1 amide bonds. The Bertz CT molecular complexity index is 584. The van der Waals surface area contributed by atoms with Crippen LogP contribution in [-0.2, 0) is 16.6 Å². The van der Waals surface area contributed by atoms with Crippen molar-refractivity contribution in [2.75, 3.05) is 0 Å². The Labute approximate surface area is 135 Å². The van der Waals surface area contributed by atoms with Crippen LogP contribution >= 0.6 is 0 Å². The van der Waals surface area contributed by atoms with Crippen LogP contribution in [0.3, 0.4) is 0 Å². The minimum absolute atomic E-state index is 0.197. The first-order chi connectivity index (χ1) is 10.9. The second-order valence-electron chi connectivity index (χ2n) is 5.19. The summed E-state index contributed by atoms with van der Waals surface area (Å²) < 4.78 is 33.3. The van der Waals surface area contributed by atoms with Crippen molar-refractivity contribution in [3.8, 4) is 0 Å². The van der Waals surface area contributed by atoms with Crippen LogP contribution in [0.15, 0.2) is 12.5 Å². The summed E-state index contributed by atoms with van der Waals surface area (Å²) in [5.41, 5.74) is 0.347. The third kappa shape index (κ3) is 7.61. The number of carbonyl (C=O) groups excluding carboxylic acids is 1. The Morgan fingerprint density at radius 2 is 1.79 bits per heavy atom. The maximum atomic E-state index is 11.8. The first-order valence-corrected chi connectivity index (χ1v) is 6.66. The van der Waals surface area contributed by atoms with Crippen molar-refractivity contribution in [3.63, 3.8) is 0 Å². The highest BCUT2D eigenvalue weighted by Crippen LogP contribution is 2.13. The van der Waals surface area contributed by atoms with Crippen LogP contribution in [0.1, 0.15) is 30.8 Å². The summed E-state index contributed by atoms with van der Waals surface area (Å²) in [6.45, 7) is 3.82. The largest absolute Gasteiger partial charge is 0.490 e. The smallest absolute Gasteiger partial charge is 0.480 e.